The van der Waals surface area contributed by atoms with E-state index in [0.717, 1.165) is 0 Å². The molecule has 0 radical (unpaired) electrons. The second-order valence-electron chi connectivity index (χ2n) is 4.89. The summed E-state index contributed by atoms with van der Waals surface area (Å²) in [6, 6.07) is 7.74. The van der Waals surface area contributed by atoms with Gasteiger partial charge < -0.3 is 5.32 Å². The first-order chi connectivity index (χ1) is 11.0. The van der Waals surface area contributed by atoms with Crippen molar-refractivity contribution >= 4 is 23.3 Å². The molecular weight excluding hydrogens is 321 g/mol. The van der Waals surface area contributed by atoms with Crippen LogP contribution in [0.4, 0.5) is 10.2 Å². The molecule has 3 aromatic rings. The quantitative estimate of drug-likeness (QED) is 0.798. The third-order valence-corrected chi connectivity index (χ3v) is 3.67. The second-order valence-corrected chi connectivity index (χ2v) is 5.30. The van der Waals surface area contributed by atoms with Crippen LogP contribution in [0.1, 0.15) is 16.1 Å². The highest BCUT2D eigenvalue weighted by Crippen LogP contribution is 2.20. The van der Waals surface area contributed by atoms with Crippen molar-refractivity contribution in [2.45, 2.75) is 6.54 Å². The van der Waals surface area contributed by atoms with Crippen LogP contribution in [0.15, 0.2) is 42.7 Å². The number of rotatable bonds is 4. The number of halogens is 2. The maximum atomic E-state index is 13.8. The molecule has 6 nitrogen and oxygen atoms in total. The number of anilines is 1. The van der Waals surface area contributed by atoms with Crippen molar-refractivity contribution in [3.63, 3.8) is 0 Å². The molecule has 1 amide bonds. The molecule has 0 aliphatic carbocycles. The number of aromatic nitrogens is 4. The van der Waals surface area contributed by atoms with Crippen molar-refractivity contribution in [1.29, 1.82) is 0 Å². The Labute approximate surface area is 136 Å². The Bertz CT molecular complexity index is 837. The van der Waals surface area contributed by atoms with Crippen LogP contribution in [0.3, 0.4) is 0 Å². The topological polar surface area (TPSA) is 64.7 Å². The standard InChI is InChI=1S/C15H13ClFN5O/c1-21-13(5-7-18-21)15(23)19-14-6-8-22(20-14)9-10-11(16)3-2-4-12(10)17/h2-8H,9H2,1H3,(H,19,20,23). The van der Waals surface area contributed by atoms with Crippen LogP contribution >= 0.6 is 11.6 Å². The summed E-state index contributed by atoms with van der Waals surface area (Å²) in [4.78, 5) is 12.1. The van der Waals surface area contributed by atoms with E-state index in [1.807, 2.05) is 0 Å². The van der Waals surface area contributed by atoms with Crippen LogP contribution in [-0.4, -0.2) is 25.5 Å². The Hall–Kier alpha value is -2.67. The Kier molecular flexibility index (Phi) is 4.12. The largest absolute Gasteiger partial charge is 0.304 e. The van der Waals surface area contributed by atoms with E-state index in [1.165, 1.54) is 21.6 Å². The molecule has 3 rings (SSSR count). The van der Waals surface area contributed by atoms with E-state index in [4.69, 9.17) is 11.6 Å². The first kappa shape index (κ1) is 15.2. The van der Waals surface area contributed by atoms with E-state index in [0.29, 0.717) is 22.1 Å². The fourth-order valence-electron chi connectivity index (χ4n) is 2.14. The molecule has 0 aliphatic rings. The Morgan fingerprint density at radius 1 is 1.35 bits per heavy atom. The lowest BCUT2D eigenvalue weighted by molar-refractivity contribution is 0.101. The summed E-state index contributed by atoms with van der Waals surface area (Å²) < 4.78 is 16.7. The average molecular weight is 334 g/mol. The van der Waals surface area contributed by atoms with Crippen molar-refractivity contribution < 1.29 is 9.18 Å². The molecule has 0 saturated carbocycles. The number of hydrogen-bond donors (Lipinski definition) is 1. The smallest absolute Gasteiger partial charge is 0.275 e. The van der Waals surface area contributed by atoms with Gasteiger partial charge in [0, 0.05) is 36.1 Å². The number of hydrogen-bond acceptors (Lipinski definition) is 3. The van der Waals surface area contributed by atoms with Crippen molar-refractivity contribution in [3.05, 3.63) is 64.8 Å². The molecule has 8 heteroatoms. The molecule has 1 N–H and O–H groups in total. The highest BCUT2D eigenvalue weighted by Gasteiger charge is 2.12. The molecule has 0 bridgehead atoms. The number of nitrogens with zero attached hydrogens (tertiary/aromatic N) is 4. The molecule has 2 heterocycles. The number of nitrogens with one attached hydrogen (secondary N) is 1. The number of carbonyl (C=O) groups is 1. The fraction of sp³-hybridized carbons (Fsp3) is 0.133. The van der Waals surface area contributed by atoms with Gasteiger partial charge in [-0.05, 0) is 18.2 Å². The van der Waals surface area contributed by atoms with E-state index in [1.54, 1.807) is 37.5 Å². The van der Waals surface area contributed by atoms with Gasteiger partial charge in [-0.1, -0.05) is 17.7 Å². The molecule has 0 saturated heterocycles. The molecule has 1 aromatic carbocycles. The van der Waals surface area contributed by atoms with Crippen molar-refractivity contribution in [1.82, 2.24) is 19.6 Å². The lowest BCUT2D eigenvalue weighted by atomic mass is 10.2. The molecule has 118 valence electrons. The summed E-state index contributed by atoms with van der Waals surface area (Å²) >= 11 is 5.99. The number of benzene rings is 1. The van der Waals surface area contributed by atoms with E-state index in [-0.39, 0.29) is 12.5 Å². The molecule has 0 spiro atoms. The van der Waals surface area contributed by atoms with Crippen LogP contribution in [-0.2, 0) is 13.6 Å². The van der Waals surface area contributed by atoms with Gasteiger partial charge in [-0.2, -0.15) is 10.2 Å². The first-order valence-electron chi connectivity index (χ1n) is 6.80. The minimum atomic E-state index is -0.395. The third kappa shape index (κ3) is 3.24. The summed E-state index contributed by atoms with van der Waals surface area (Å²) in [5, 5.41) is 11.1. The summed E-state index contributed by atoms with van der Waals surface area (Å²) in [5.41, 5.74) is 0.762. The molecule has 23 heavy (non-hydrogen) atoms. The fourth-order valence-corrected chi connectivity index (χ4v) is 2.36. The molecule has 0 fully saturated rings. The Balaban J connectivity index is 1.74. The molecule has 0 atom stereocenters. The highest BCUT2D eigenvalue weighted by atomic mass is 35.5. The highest BCUT2D eigenvalue weighted by molar-refractivity contribution is 6.31. The van der Waals surface area contributed by atoms with Crippen LogP contribution in [0.5, 0.6) is 0 Å². The summed E-state index contributed by atoms with van der Waals surface area (Å²) in [7, 11) is 1.67. The SMILES string of the molecule is Cn1nccc1C(=O)Nc1ccn(Cc2c(F)cccc2Cl)n1. The van der Waals surface area contributed by atoms with Gasteiger partial charge in [0.15, 0.2) is 5.82 Å². The van der Waals surface area contributed by atoms with Crippen molar-refractivity contribution in [3.8, 4) is 0 Å². The molecule has 2 aromatic heterocycles. The molecular formula is C15H13ClFN5O. The van der Waals surface area contributed by atoms with Crippen LogP contribution in [0.2, 0.25) is 5.02 Å². The predicted octanol–water partition coefficient (Wildman–Crippen LogP) is 2.71. The molecule has 0 aliphatic heterocycles. The minimum Gasteiger partial charge on any atom is -0.304 e. The summed E-state index contributed by atoms with van der Waals surface area (Å²) in [5.74, 6) is -0.351. The lowest BCUT2D eigenvalue weighted by Gasteiger charge is -2.06. The summed E-state index contributed by atoms with van der Waals surface area (Å²) in [6.07, 6.45) is 3.18. The zero-order chi connectivity index (χ0) is 16.4. The Morgan fingerprint density at radius 2 is 2.17 bits per heavy atom. The average Bonchev–Trinajstić information content (AvgIpc) is 3.12. The number of amides is 1. The summed E-state index contributed by atoms with van der Waals surface area (Å²) in [6.45, 7) is 0.174. The van der Waals surface area contributed by atoms with Crippen LogP contribution in [0.25, 0.3) is 0 Å². The van der Waals surface area contributed by atoms with Crippen LogP contribution in [0, 0.1) is 5.82 Å². The van der Waals surface area contributed by atoms with Gasteiger partial charge in [-0.25, -0.2) is 4.39 Å². The van der Waals surface area contributed by atoms with Gasteiger partial charge in [-0.3, -0.25) is 14.2 Å². The normalized spacial score (nSPS) is 10.7. The van der Waals surface area contributed by atoms with Gasteiger partial charge in [0.25, 0.3) is 5.91 Å². The monoisotopic (exact) mass is 333 g/mol. The number of carbonyl (C=O) groups excluding carboxylic acids is 1. The van der Waals surface area contributed by atoms with Crippen molar-refractivity contribution in [2.75, 3.05) is 5.32 Å². The van der Waals surface area contributed by atoms with Gasteiger partial charge in [-0.15, -0.1) is 0 Å². The van der Waals surface area contributed by atoms with Crippen LogP contribution < -0.4 is 5.32 Å². The zero-order valence-corrected chi connectivity index (χ0v) is 13.0. The minimum absolute atomic E-state index is 0.174. The lowest BCUT2D eigenvalue weighted by Crippen LogP contribution is -2.16. The van der Waals surface area contributed by atoms with Gasteiger partial charge in [0.2, 0.25) is 0 Å². The first-order valence-corrected chi connectivity index (χ1v) is 7.18. The van der Waals surface area contributed by atoms with Gasteiger partial charge in [0.05, 0.1) is 6.54 Å². The molecule has 0 unspecified atom stereocenters. The maximum absolute atomic E-state index is 13.8. The van der Waals surface area contributed by atoms with E-state index >= 15 is 0 Å². The Morgan fingerprint density at radius 3 is 2.87 bits per heavy atom. The van der Waals surface area contributed by atoms with E-state index < -0.39 is 5.82 Å². The maximum Gasteiger partial charge on any atom is 0.275 e. The second kappa shape index (κ2) is 6.21. The van der Waals surface area contributed by atoms with E-state index in [9.17, 15) is 9.18 Å². The number of aryl methyl sites for hydroxylation is 1. The van der Waals surface area contributed by atoms with Gasteiger partial charge in [0.1, 0.15) is 11.5 Å². The zero-order valence-electron chi connectivity index (χ0n) is 12.2. The van der Waals surface area contributed by atoms with Crippen molar-refractivity contribution in [2.24, 2.45) is 7.05 Å². The van der Waals surface area contributed by atoms with E-state index in [2.05, 4.69) is 15.5 Å². The van der Waals surface area contributed by atoms with Gasteiger partial charge >= 0.3 is 0 Å². The third-order valence-electron chi connectivity index (χ3n) is 3.32. The predicted molar refractivity (Wildman–Crippen MR) is 83.9 cm³/mol.